The average molecular weight is 303 g/mol. The third kappa shape index (κ3) is 552. The third-order valence-electron chi connectivity index (χ3n) is 0. The van der Waals surface area contributed by atoms with E-state index in [-0.39, 0.29) is 154 Å². The fourth-order valence-electron chi connectivity index (χ4n) is 0. The van der Waals surface area contributed by atoms with Gasteiger partial charge in [0.15, 0.2) is 0 Å². The van der Waals surface area contributed by atoms with Crippen molar-refractivity contribution < 1.29 is 169 Å². The Hall–Kier alpha value is 2.51. The van der Waals surface area contributed by atoms with Crippen molar-refractivity contribution in [2.24, 2.45) is 0 Å². The van der Waals surface area contributed by atoms with Crippen LogP contribution < -0.4 is 154 Å². The Morgan fingerprint density at radius 1 is 0.467 bits per heavy atom. The van der Waals surface area contributed by atoms with Crippen LogP contribution in [0.4, 0.5) is 0 Å². The second-order valence-electron chi connectivity index (χ2n) is 0.671. The first kappa shape index (κ1) is 36.0. The van der Waals surface area contributed by atoms with Crippen LogP contribution in [0, 0.1) is 46.0 Å². The molecule has 12 nitrogen and oxygen atoms in total. The molecule has 0 aromatic heterocycles. The van der Waals surface area contributed by atoms with E-state index in [0.29, 0.717) is 0 Å². The molecule has 0 aliphatic carbocycles. The topological polar surface area (TPSA) is 199 Å². The van der Waals surface area contributed by atoms with Crippen molar-refractivity contribution in [3.63, 3.8) is 0 Å². The van der Waals surface area contributed by atoms with Crippen molar-refractivity contribution in [1.82, 2.24) is 0 Å². The van der Waals surface area contributed by atoms with Crippen LogP contribution >= 0.6 is 0 Å². The van der Waals surface area contributed by atoms with E-state index in [1.807, 2.05) is 0 Å². The van der Waals surface area contributed by atoms with Crippen LogP contribution in [0.3, 0.4) is 0 Å². The molecule has 15 heavy (non-hydrogen) atoms. The van der Waals surface area contributed by atoms with E-state index in [9.17, 15) is 0 Å². The Morgan fingerprint density at radius 2 is 0.467 bits per heavy atom. The van der Waals surface area contributed by atoms with Gasteiger partial charge in [-0.2, -0.15) is 0 Å². The summed E-state index contributed by atoms with van der Waals surface area (Å²) in [7, 11) is 0. The summed E-state index contributed by atoms with van der Waals surface area (Å²) in [5.74, 6) is 0. The zero-order chi connectivity index (χ0) is 10.7. The molecule has 0 fully saturated rings. The van der Waals surface area contributed by atoms with Gasteiger partial charge < -0.3 is 46.0 Å². The smallest absolute Gasteiger partial charge is 0.356 e. The van der Waals surface area contributed by atoms with Gasteiger partial charge in [0.2, 0.25) is 0 Å². The molecule has 0 N–H and O–H groups in total. The van der Waals surface area contributed by atoms with Crippen LogP contribution in [0.15, 0.2) is 0 Å². The maximum atomic E-state index is 8.25. The first-order valence-electron chi connectivity index (χ1n) is 1.64. The van der Waals surface area contributed by atoms with E-state index in [2.05, 4.69) is 0 Å². The van der Waals surface area contributed by atoms with Crippen molar-refractivity contribution in [2.45, 2.75) is 0 Å². The van der Waals surface area contributed by atoms with Gasteiger partial charge in [0.25, 0.3) is 0 Å². The molecule has 0 saturated heterocycles. The van der Waals surface area contributed by atoms with Crippen LogP contribution in [-0.2, 0) is 0 Å². The van der Waals surface area contributed by atoms with Crippen molar-refractivity contribution in [1.29, 1.82) is 0 Å². The summed E-state index contributed by atoms with van der Waals surface area (Å²) in [5.41, 5.74) is 0. The zero-order valence-electron chi connectivity index (χ0n) is 8.02. The normalized spacial score (nSPS) is 4.80. The molecular weight excluding hydrogens is 303 g/mol. The third-order valence-corrected chi connectivity index (χ3v) is 0. The van der Waals surface area contributed by atoms with E-state index < -0.39 is 15.3 Å². The van der Waals surface area contributed by atoms with Crippen molar-refractivity contribution in [3.8, 4) is 0 Å². The minimum atomic E-state index is -1.75. The monoisotopic (exact) mass is 303 g/mol. The van der Waals surface area contributed by atoms with E-state index in [1.165, 1.54) is 0 Å². The van der Waals surface area contributed by atoms with Gasteiger partial charge in [-0.25, -0.2) is 0 Å². The van der Waals surface area contributed by atoms with E-state index in [4.69, 9.17) is 46.0 Å². The minimum absolute atomic E-state index is 0. The Balaban J connectivity index is -0.0000000184. The van der Waals surface area contributed by atoms with Gasteiger partial charge in [-0.3, -0.25) is 0 Å². The average Bonchev–Trinajstić information content (AvgIpc) is 1.54. The predicted octanol–water partition coefficient (Wildman–Crippen LogP) is -9.71. The molecule has 0 saturated carbocycles. The Kier molecular flexibility index (Phi) is 72.0. The molecule has 0 bridgehead atoms. The SMILES string of the molecule is O=[N+]([O-])[O-].O=[N+]([O-])[O-].O=[N+]([O-])[O-].[K+].[K+].[K+]. The zero-order valence-corrected chi connectivity index (χ0v) is 17.4. The Bertz CT molecular complexity index is 118. The summed E-state index contributed by atoms with van der Waals surface area (Å²) < 4.78 is 0. The Labute approximate surface area is 209 Å². The molecule has 0 rings (SSSR count). The molecule has 0 aromatic carbocycles. The summed E-state index contributed by atoms with van der Waals surface area (Å²) in [5, 5.41) is 44.2. The molecule has 0 atom stereocenters. The van der Waals surface area contributed by atoms with Gasteiger partial charge in [0.1, 0.15) is 0 Å². The van der Waals surface area contributed by atoms with Gasteiger partial charge in [0.05, 0.1) is 15.3 Å². The van der Waals surface area contributed by atoms with Crippen LogP contribution in [-0.4, -0.2) is 15.3 Å². The van der Waals surface area contributed by atoms with E-state index >= 15 is 0 Å². The van der Waals surface area contributed by atoms with Crippen LogP contribution in [0.25, 0.3) is 0 Å². The van der Waals surface area contributed by atoms with Gasteiger partial charge in [0, 0.05) is 0 Å². The maximum absolute atomic E-state index is 8.25. The molecule has 0 heterocycles. The number of nitrogens with zero attached hydrogens (tertiary/aromatic N) is 3. The quantitative estimate of drug-likeness (QED) is 0.236. The van der Waals surface area contributed by atoms with Crippen molar-refractivity contribution >= 4 is 0 Å². The molecule has 0 amide bonds. The molecule has 0 spiro atoms. The molecule has 15 heteroatoms. The second kappa shape index (κ2) is 30.0. The molecule has 0 aliphatic rings. The standard InChI is InChI=1S/3K.3NO3/c;;;3*2-1(3)4/q3*+1;3*-1. The fourth-order valence-corrected chi connectivity index (χ4v) is 0. The van der Waals surface area contributed by atoms with Crippen LogP contribution in [0.2, 0.25) is 0 Å². The molecule has 0 radical (unpaired) electrons. The number of hydrogen-bond donors (Lipinski definition) is 0. The molecule has 0 aliphatic heterocycles. The van der Waals surface area contributed by atoms with E-state index in [0.717, 1.165) is 0 Å². The van der Waals surface area contributed by atoms with Crippen LogP contribution in [0.5, 0.6) is 0 Å². The molecule has 0 aromatic rings. The Morgan fingerprint density at radius 3 is 0.467 bits per heavy atom. The first-order chi connectivity index (χ1) is 5.20. The van der Waals surface area contributed by atoms with Gasteiger partial charge in [-0.15, -0.1) is 0 Å². The summed E-state index contributed by atoms with van der Waals surface area (Å²) >= 11 is 0. The molecule has 0 unspecified atom stereocenters. The van der Waals surface area contributed by atoms with E-state index in [1.54, 1.807) is 0 Å². The predicted molar refractivity (Wildman–Crippen MR) is 31.1 cm³/mol. The molecule has 72 valence electrons. The minimum Gasteiger partial charge on any atom is -0.356 e. The van der Waals surface area contributed by atoms with Gasteiger partial charge in [-0.1, -0.05) is 0 Å². The number of rotatable bonds is 0. The summed E-state index contributed by atoms with van der Waals surface area (Å²) in [6.07, 6.45) is 0. The van der Waals surface area contributed by atoms with Gasteiger partial charge >= 0.3 is 154 Å². The number of hydrogen-bond acceptors (Lipinski definition) is 9. The largest absolute Gasteiger partial charge is 1.00 e. The maximum Gasteiger partial charge on any atom is 1.00 e. The van der Waals surface area contributed by atoms with Gasteiger partial charge in [-0.05, 0) is 0 Å². The molecular formula is K3N3O9. The summed E-state index contributed by atoms with van der Waals surface area (Å²) in [6.45, 7) is 0. The van der Waals surface area contributed by atoms with Crippen LogP contribution in [0.1, 0.15) is 0 Å². The van der Waals surface area contributed by atoms with Crippen molar-refractivity contribution in [2.75, 3.05) is 0 Å². The summed E-state index contributed by atoms with van der Waals surface area (Å²) in [4.78, 5) is 24.8. The first-order valence-corrected chi connectivity index (χ1v) is 1.64. The summed E-state index contributed by atoms with van der Waals surface area (Å²) in [6, 6.07) is 0. The second-order valence-corrected chi connectivity index (χ2v) is 0.671. The van der Waals surface area contributed by atoms with Crippen molar-refractivity contribution in [3.05, 3.63) is 46.0 Å². The fraction of sp³-hybridized carbons (Fsp3) is 0.